The lowest BCUT2D eigenvalue weighted by Crippen LogP contribution is -2.38. The van der Waals surface area contributed by atoms with E-state index < -0.39 is 0 Å². The van der Waals surface area contributed by atoms with Crippen molar-refractivity contribution >= 4 is 29.1 Å². The Kier molecular flexibility index (Phi) is 6.21. The number of amides is 2. The summed E-state index contributed by atoms with van der Waals surface area (Å²) in [5.74, 6) is -0.270. The second-order valence-electron chi connectivity index (χ2n) is 6.20. The van der Waals surface area contributed by atoms with E-state index >= 15 is 0 Å². The van der Waals surface area contributed by atoms with Crippen molar-refractivity contribution in [3.05, 3.63) is 63.7 Å². The van der Waals surface area contributed by atoms with Crippen LogP contribution < -0.4 is 10.2 Å². The molecule has 2 rings (SSSR count). The minimum absolute atomic E-state index is 0.113. The number of anilines is 1. The van der Waals surface area contributed by atoms with E-state index in [1.807, 2.05) is 45.0 Å². The maximum atomic E-state index is 12.2. The molecule has 4 nitrogen and oxygen atoms in total. The van der Waals surface area contributed by atoms with Gasteiger partial charge in [0, 0.05) is 25.6 Å². The normalized spacial score (nSPS) is 10.4. The van der Waals surface area contributed by atoms with Crippen molar-refractivity contribution in [2.45, 2.75) is 27.7 Å². The molecule has 0 unspecified atom stereocenters. The van der Waals surface area contributed by atoms with Gasteiger partial charge in [-0.25, -0.2) is 0 Å². The Balaban J connectivity index is 2.07. The van der Waals surface area contributed by atoms with E-state index in [9.17, 15) is 9.59 Å². The summed E-state index contributed by atoms with van der Waals surface area (Å²) in [6.45, 7) is 8.06. The van der Waals surface area contributed by atoms with Crippen molar-refractivity contribution in [2.24, 2.45) is 0 Å². The first-order valence-electron chi connectivity index (χ1n) is 8.19. The molecule has 0 spiro atoms. The molecule has 0 bridgehead atoms. The molecular weight excluding hydrogens is 336 g/mol. The van der Waals surface area contributed by atoms with Crippen LogP contribution in [0.1, 0.15) is 34.0 Å². The van der Waals surface area contributed by atoms with E-state index in [1.54, 1.807) is 17.0 Å². The lowest BCUT2D eigenvalue weighted by atomic mass is 10.1. The topological polar surface area (TPSA) is 49.4 Å². The fraction of sp³-hybridized carbons (Fsp3) is 0.300. The van der Waals surface area contributed by atoms with E-state index in [-0.39, 0.29) is 11.8 Å². The molecule has 2 amide bonds. The first-order chi connectivity index (χ1) is 11.8. The highest BCUT2D eigenvalue weighted by atomic mass is 35.5. The van der Waals surface area contributed by atoms with Crippen molar-refractivity contribution in [1.29, 1.82) is 0 Å². The molecule has 0 saturated heterocycles. The predicted octanol–water partition coefficient (Wildman–Crippen LogP) is 4.05. The van der Waals surface area contributed by atoms with Crippen molar-refractivity contribution in [3.63, 3.8) is 0 Å². The van der Waals surface area contributed by atoms with Gasteiger partial charge >= 0.3 is 0 Å². The number of halogens is 1. The van der Waals surface area contributed by atoms with Crippen molar-refractivity contribution < 1.29 is 9.59 Å². The van der Waals surface area contributed by atoms with E-state index in [1.165, 1.54) is 6.92 Å². The molecule has 25 heavy (non-hydrogen) atoms. The van der Waals surface area contributed by atoms with Gasteiger partial charge in [-0.3, -0.25) is 9.59 Å². The van der Waals surface area contributed by atoms with Crippen LogP contribution in [0.5, 0.6) is 0 Å². The molecule has 0 saturated carbocycles. The standard InChI is InChI=1S/C20H23ClN2O2/c1-13-5-7-17(8-6-13)20(25)22-9-10-23(16(4)24)19-15(3)11-14(2)12-18(19)21/h5-8,11-12H,9-10H2,1-4H3,(H,22,25). The molecular formula is C20H23ClN2O2. The molecule has 0 radical (unpaired) electrons. The monoisotopic (exact) mass is 358 g/mol. The number of nitrogens with one attached hydrogen (secondary N) is 1. The number of benzene rings is 2. The summed E-state index contributed by atoms with van der Waals surface area (Å²) >= 11 is 6.34. The molecule has 2 aromatic rings. The van der Waals surface area contributed by atoms with Gasteiger partial charge in [0.15, 0.2) is 0 Å². The summed E-state index contributed by atoms with van der Waals surface area (Å²) in [7, 11) is 0. The van der Waals surface area contributed by atoms with Crippen LogP contribution in [0.25, 0.3) is 0 Å². The summed E-state index contributed by atoms with van der Waals surface area (Å²) in [5, 5.41) is 3.39. The molecule has 132 valence electrons. The number of hydrogen-bond donors (Lipinski definition) is 1. The second kappa shape index (κ2) is 8.17. The molecule has 0 atom stereocenters. The Labute approximate surface area is 153 Å². The van der Waals surface area contributed by atoms with Crippen LogP contribution >= 0.6 is 11.6 Å². The van der Waals surface area contributed by atoms with E-state index in [4.69, 9.17) is 11.6 Å². The average Bonchev–Trinajstić information content (AvgIpc) is 2.52. The lowest BCUT2D eigenvalue weighted by Gasteiger charge is -2.25. The maximum Gasteiger partial charge on any atom is 0.251 e. The van der Waals surface area contributed by atoms with Crippen LogP contribution in [0, 0.1) is 20.8 Å². The molecule has 0 aliphatic carbocycles. The molecule has 0 heterocycles. The quantitative estimate of drug-likeness (QED) is 0.876. The van der Waals surface area contributed by atoms with Gasteiger partial charge in [0.1, 0.15) is 0 Å². The number of carbonyl (C=O) groups excluding carboxylic acids is 2. The number of nitrogens with zero attached hydrogens (tertiary/aromatic N) is 1. The summed E-state index contributed by atoms with van der Waals surface area (Å²) in [6.07, 6.45) is 0. The molecule has 0 fully saturated rings. The van der Waals surface area contributed by atoms with Crippen molar-refractivity contribution in [3.8, 4) is 0 Å². The molecule has 1 N–H and O–H groups in total. The van der Waals surface area contributed by atoms with Gasteiger partial charge in [0.05, 0.1) is 10.7 Å². The second-order valence-corrected chi connectivity index (χ2v) is 6.61. The summed E-state index contributed by atoms with van der Waals surface area (Å²) in [6, 6.07) is 11.2. The van der Waals surface area contributed by atoms with Crippen LogP contribution in [-0.2, 0) is 4.79 Å². The summed E-state index contributed by atoms with van der Waals surface area (Å²) in [4.78, 5) is 25.9. The van der Waals surface area contributed by atoms with Crippen molar-refractivity contribution in [2.75, 3.05) is 18.0 Å². The van der Waals surface area contributed by atoms with Gasteiger partial charge in [-0.15, -0.1) is 0 Å². The highest BCUT2D eigenvalue weighted by molar-refractivity contribution is 6.34. The third-order valence-electron chi connectivity index (χ3n) is 3.98. The van der Waals surface area contributed by atoms with E-state index in [0.717, 1.165) is 16.7 Å². The zero-order chi connectivity index (χ0) is 18.6. The van der Waals surface area contributed by atoms with E-state index in [2.05, 4.69) is 5.32 Å². The molecule has 0 aromatic heterocycles. The Morgan fingerprint density at radius 1 is 1.04 bits per heavy atom. The molecule has 0 aliphatic heterocycles. The largest absolute Gasteiger partial charge is 0.350 e. The summed E-state index contributed by atoms with van der Waals surface area (Å²) in [5.41, 5.74) is 4.38. The van der Waals surface area contributed by atoms with Crippen LogP contribution in [0.15, 0.2) is 36.4 Å². The zero-order valence-electron chi connectivity index (χ0n) is 15.0. The Hall–Kier alpha value is -2.33. The molecule has 0 aliphatic rings. The minimum Gasteiger partial charge on any atom is -0.350 e. The third-order valence-corrected chi connectivity index (χ3v) is 4.27. The Morgan fingerprint density at radius 2 is 1.68 bits per heavy atom. The summed E-state index contributed by atoms with van der Waals surface area (Å²) < 4.78 is 0. The maximum absolute atomic E-state index is 12.2. The SMILES string of the molecule is CC(=O)N(CCNC(=O)c1ccc(C)cc1)c1c(C)cc(C)cc1Cl. The van der Waals surface area contributed by atoms with Crippen LogP contribution in [0.2, 0.25) is 5.02 Å². The zero-order valence-corrected chi connectivity index (χ0v) is 15.8. The smallest absolute Gasteiger partial charge is 0.251 e. The van der Waals surface area contributed by atoms with Gasteiger partial charge in [0.2, 0.25) is 5.91 Å². The number of hydrogen-bond acceptors (Lipinski definition) is 2. The first kappa shape index (κ1) is 19.0. The van der Waals surface area contributed by atoms with E-state index in [0.29, 0.717) is 29.4 Å². The van der Waals surface area contributed by atoms with Crippen LogP contribution in [0.4, 0.5) is 5.69 Å². The molecule has 2 aromatic carbocycles. The van der Waals surface area contributed by atoms with Gasteiger partial charge in [-0.1, -0.05) is 35.4 Å². The Bertz CT molecular complexity index is 762. The highest BCUT2D eigenvalue weighted by Gasteiger charge is 2.18. The first-order valence-corrected chi connectivity index (χ1v) is 8.57. The average molecular weight is 359 g/mol. The van der Waals surface area contributed by atoms with Gasteiger partial charge in [-0.05, 0) is 50.1 Å². The van der Waals surface area contributed by atoms with Crippen LogP contribution in [0.3, 0.4) is 0 Å². The third kappa shape index (κ3) is 4.83. The van der Waals surface area contributed by atoms with Crippen molar-refractivity contribution in [1.82, 2.24) is 5.32 Å². The number of rotatable bonds is 5. The van der Waals surface area contributed by atoms with Gasteiger partial charge < -0.3 is 10.2 Å². The fourth-order valence-corrected chi connectivity index (χ4v) is 3.19. The lowest BCUT2D eigenvalue weighted by molar-refractivity contribution is -0.116. The van der Waals surface area contributed by atoms with Gasteiger partial charge in [-0.2, -0.15) is 0 Å². The molecule has 5 heteroatoms. The number of carbonyl (C=O) groups is 2. The Morgan fingerprint density at radius 3 is 2.24 bits per heavy atom. The number of aryl methyl sites for hydroxylation is 3. The van der Waals surface area contributed by atoms with Crippen LogP contribution in [-0.4, -0.2) is 24.9 Å². The highest BCUT2D eigenvalue weighted by Crippen LogP contribution is 2.31. The minimum atomic E-state index is -0.157. The fourth-order valence-electron chi connectivity index (χ4n) is 2.76. The predicted molar refractivity (Wildman–Crippen MR) is 102 cm³/mol. The van der Waals surface area contributed by atoms with Gasteiger partial charge in [0.25, 0.3) is 5.91 Å².